The van der Waals surface area contributed by atoms with Crippen molar-refractivity contribution >= 4 is 34.6 Å². The number of rotatable bonds is 5. The molecule has 0 bridgehead atoms. The van der Waals surface area contributed by atoms with Gasteiger partial charge in [-0.1, -0.05) is 35.3 Å². The average Bonchev–Trinajstić information content (AvgIpc) is 3.16. The minimum absolute atomic E-state index is 0.587. The van der Waals surface area contributed by atoms with Crippen molar-refractivity contribution in [2.75, 3.05) is 23.3 Å². The van der Waals surface area contributed by atoms with Crippen molar-refractivity contribution in [2.24, 2.45) is 0 Å². The van der Waals surface area contributed by atoms with Crippen LogP contribution in [0.3, 0.4) is 0 Å². The number of benzene rings is 2. The van der Waals surface area contributed by atoms with Gasteiger partial charge in [-0.25, -0.2) is 0 Å². The summed E-state index contributed by atoms with van der Waals surface area (Å²) in [6.07, 6.45) is 3.79. The number of furan rings is 1. The molecule has 5 heteroatoms. The van der Waals surface area contributed by atoms with Crippen LogP contribution < -0.4 is 10.2 Å². The van der Waals surface area contributed by atoms with E-state index in [9.17, 15) is 0 Å². The SMILES string of the molecule is Clc1ccccc1-c1ccc(CNc2ccc(N3CCCCC3)c(Cl)c2)o1. The maximum Gasteiger partial charge on any atom is 0.135 e. The highest BCUT2D eigenvalue weighted by Crippen LogP contribution is 2.32. The predicted octanol–water partition coefficient (Wildman–Crippen LogP) is 6.86. The number of anilines is 2. The summed E-state index contributed by atoms with van der Waals surface area (Å²) in [7, 11) is 0. The maximum atomic E-state index is 6.53. The van der Waals surface area contributed by atoms with E-state index in [-0.39, 0.29) is 0 Å². The van der Waals surface area contributed by atoms with Gasteiger partial charge in [0.1, 0.15) is 11.5 Å². The molecule has 1 saturated heterocycles. The number of nitrogens with one attached hydrogen (secondary N) is 1. The lowest BCUT2D eigenvalue weighted by Crippen LogP contribution is -2.29. The first-order chi connectivity index (χ1) is 13.2. The van der Waals surface area contributed by atoms with Crippen molar-refractivity contribution < 1.29 is 4.42 Å². The Hall–Kier alpha value is -2.10. The minimum atomic E-state index is 0.587. The highest BCUT2D eigenvalue weighted by molar-refractivity contribution is 6.33. The van der Waals surface area contributed by atoms with Gasteiger partial charge < -0.3 is 14.6 Å². The second kappa shape index (κ2) is 8.28. The lowest BCUT2D eigenvalue weighted by atomic mass is 10.1. The molecule has 140 valence electrons. The van der Waals surface area contributed by atoms with Crippen molar-refractivity contribution in [3.63, 3.8) is 0 Å². The summed E-state index contributed by atoms with van der Waals surface area (Å²) >= 11 is 12.8. The zero-order valence-corrected chi connectivity index (χ0v) is 16.6. The van der Waals surface area contributed by atoms with E-state index in [0.717, 1.165) is 46.6 Å². The van der Waals surface area contributed by atoms with E-state index in [1.807, 2.05) is 42.5 Å². The topological polar surface area (TPSA) is 28.4 Å². The van der Waals surface area contributed by atoms with Crippen molar-refractivity contribution in [3.8, 4) is 11.3 Å². The molecule has 1 fully saturated rings. The zero-order valence-electron chi connectivity index (χ0n) is 15.1. The summed E-state index contributed by atoms with van der Waals surface area (Å²) < 4.78 is 5.93. The lowest BCUT2D eigenvalue weighted by Gasteiger charge is -2.29. The first-order valence-corrected chi connectivity index (χ1v) is 10.1. The Morgan fingerprint density at radius 2 is 1.70 bits per heavy atom. The quantitative estimate of drug-likeness (QED) is 0.507. The van der Waals surface area contributed by atoms with Crippen molar-refractivity contribution in [1.29, 1.82) is 0 Å². The number of halogens is 2. The molecule has 0 aliphatic carbocycles. The second-order valence-corrected chi connectivity index (χ2v) is 7.63. The molecule has 1 aliphatic rings. The third-order valence-corrected chi connectivity index (χ3v) is 5.54. The molecule has 0 saturated carbocycles. The molecule has 3 aromatic rings. The minimum Gasteiger partial charge on any atom is -0.459 e. The number of nitrogens with zero attached hydrogens (tertiary/aromatic N) is 1. The molecule has 3 nitrogen and oxygen atoms in total. The van der Waals surface area contributed by atoms with Crippen LogP contribution in [0, 0.1) is 0 Å². The first kappa shape index (κ1) is 18.3. The smallest absolute Gasteiger partial charge is 0.135 e. The highest BCUT2D eigenvalue weighted by atomic mass is 35.5. The molecule has 1 N–H and O–H groups in total. The van der Waals surface area contributed by atoms with Crippen LogP contribution in [0.25, 0.3) is 11.3 Å². The van der Waals surface area contributed by atoms with Crippen LogP contribution in [0.2, 0.25) is 10.0 Å². The molecule has 0 amide bonds. The third kappa shape index (κ3) is 4.26. The summed E-state index contributed by atoms with van der Waals surface area (Å²) in [6, 6.07) is 17.8. The fraction of sp³-hybridized carbons (Fsp3) is 0.273. The van der Waals surface area contributed by atoms with Crippen molar-refractivity contribution in [2.45, 2.75) is 25.8 Å². The van der Waals surface area contributed by atoms with Crippen LogP contribution in [-0.2, 0) is 6.54 Å². The highest BCUT2D eigenvalue weighted by Gasteiger charge is 2.14. The fourth-order valence-electron chi connectivity index (χ4n) is 3.48. The molecule has 2 heterocycles. The normalized spacial score (nSPS) is 14.4. The standard InChI is InChI=1S/C22H22Cl2N2O/c23-19-7-3-2-6-18(19)22-11-9-17(27-22)15-25-16-8-10-21(20(24)14-16)26-12-4-1-5-13-26/h2-3,6-11,14,25H,1,4-5,12-13,15H2. The summed E-state index contributed by atoms with van der Waals surface area (Å²) in [6.45, 7) is 2.76. The Morgan fingerprint density at radius 1 is 0.889 bits per heavy atom. The molecule has 0 atom stereocenters. The van der Waals surface area contributed by atoms with Gasteiger partial charge in [0.2, 0.25) is 0 Å². The van der Waals surface area contributed by atoms with Crippen molar-refractivity contribution in [3.05, 3.63) is 70.4 Å². The molecule has 4 rings (SSSR count). The van der Waals surface area contributed by atoms with Gasteiger partial charge in [-0.15, -0.1) is 0 Å². The van der Waals surface area contributed by atoms with Gasteiger partial charge in [0.15, 0.2) is 0 Å². The van der Waals surface area contributed by atoms with E-state index in [4.69, 9.17) is 27.6 Å². The number of hydrogen-bond acceptors (Lipinski definition) is 3. The van der Waals surface area contributed by atoms with Gasteiger partial charge in [0, 0.05) is 24.3 Å². The summed E-state index contributed by atoms with van der Waals surface area (Å²) in [5, 5.41) is 4.86. The third-order valence-electron chi connectivity index (χ3n) is 4.91. The monoisotopic (exact) mass is 400 g/mol. The summed E-state index contributed by atoms with van der Waals surface area (Å²) in [5.41, 5.74) is 3.01. The molecule has 27 heavy (non-hydrogen) atoms. The molecule has 1 aromatic heterocycles. The second-order valence-electron chi connectivity index (χ2n) is 6.81. The van der Waals surface area contributed by atoms with E-state index in [1.54, 1.807) is 0 Å². The van der Waals surface area contributed by atoms with Crippen LogP contribution in [0.1, 0.15) is 25.0 Å². The Morgan fingerprint density at radius 3 is 2.48 bits per heavy atom. The van der Waals surface area contributed by atoms with Crippen LogP contribution in [0.4, 0.5) is 11.4 Å². The molecular weight excluding hydrogens is 379 g/mol. The summed E-state index contributed by atoms with van der Waals surface area (Å²) in [4.78, 5) is 2.37. The van der Waals surface area contributed by atoms with E-state index < -0.39 is 0 Å². The van der Waals surface area contributed by atoms with Gasteiger partial charge in [0.25, 0.3) is 0 Å². The van der Waals surface area contributed by atoms with Crippen LogP contribution in [0.5, 0.6) is 0 Å². The van der Waals surface area contributed by atoms with Gasteiger partial charge in [0.05, 0.1) is 22.3 Å². The predicted molar refractivity (Wildman–Crippen MR) is 114 cm³/mol. The molecule has 0 spiro atoms. The molecule has 1 aliphatic heterocycles. The Balaban J connectivity index is 1.42. The van der Waals surface area contributed by atoms with Gasteiger partial charge in [-0.3, -0.25) is 0 Å². The van der Waals surface area contributed by atoms with Gasteiger partial charge in [-0.05, 0) is 61.7 Å². The first-order valence-electron chi connectivity index (χ1n) is 9.33. The van der Waals surface area contributed by atoms with Crippen LogP contribution in [0.15, 0.2) is 59.0 Å². The van der Waals surface area contributed by atoms with Gasteiger partial charge in [-0.2, -0.15) is 0 Å². The Bertz CT molecular complexity index is 916. The lowest BCUT2D eigenvalue weighted by molar-refractivity contribution is 0.531. The van der Waals surface area contributed by atoms with E-state index in [2.05, 4.69) is 22.3 Å². The Labute approximate surface area is 169 Å². The van der Waals surface area contributed by atoms with E-state index in [1.165, 1.54) is 19.3 Å². The van der Waals surface area contributed by atoms with E-state index in [0.29, 0.717) is 11.6 Å². The summed E-state index contributed by atoms with van der Waals surface area (Å²) in [5.74, 6) is 1.62. The largest absolute Gasteiger partial charge is 0.459 e. The van der Waals surface area contributed by atoms with E-state index >= 15 is 0 Å². The fourth-order valence-corrected chi connectivity index (χ4v) is 4.00. The van der Waals surface area contributed by atoms with Crippen LogP contribution >= 0.6 is 23.2 Å². The zero-order chi connectivity index (χ0) is 18.6. The van der Waals surface area contributed by atoms with Crippen LogP contribution in [-0.4, -0.2) is 13.1 Å². The maximum absolute atomic E-state index is 6.53. The number of hydrogen-bond donors (Lipinski definition) is 1. The molecule has 2 aromatic carbocycles. The average molecular weight is 401 g/mol. The van der Waals surface area contributed by atoms with Gasteiger partial charge >= 0.3 is 0 Å². The van der Waals surface area contributed by atoms with Crippen molar-refractivity contribution in [1.82, 2.24) is 0 Å². The molecular formula is C22H22Cl2N2O. The Kier molecular flexibility index (Phi) is 5.61. The molecule has 0 unspecified atom stereocenters. The molecule has 0 radical (unpaired) electrons. The number of piperidine rings is 1.